The fourth-order valence-electron chi connectivity index (χ4n) is 1.32. The molecule has 1 N–H and O–H groups in total. The first-order valence-electron chi connectivity index (χ1n) is 5.68. The van der Waals surface area contributed by atoms with Crippen molar-refractivity contribution in [1.82, 2.24) is 0 Å². The third-order valence-electron chi connectivity index (χ3n) is 2.26. The van der Waals surface area contributed by atoms with Crippen molar-refractivity contribution in [2.45, 2.75) is 20.8 Å². The van der Waals surface area contributed by atoms with Crippen LogP contribution in [0.3, 0.4) is 0 Å². The van der Waals surface area contributed by atoms with E-state index in [2.05, 4.69) is 10.5 Å². The number of carbonyl (C=O) groups is 1. The molecule has 19 heavy (non-hydrogen) atoms. The van der Waals surface area contributed by atoms with E-state index < -0.39 is 10.9 Å². The first kappa shape index (κ1) is 14.6. The first-order chi connectivity index (χ1) is 8.95. The molecule has 1 aromatic rings. The lowest BCUT2D eigenvalue weighted by atomic mass is 10.2. The second kappa shape index (κ2) is 6.48. The molecule has 0 aliphatic carbocycles. The fraction of sp³-hybridized carbons (Fsp3) is 0.333. The summed E-state index contributed by atoms with van der Waals surface area (Å²) in [6, 6.07) is 4.60. The van der Waals surface area contributed by atoms with Crippen molar-refractivity contribution in [3.05, 3.63) is 33.9 Å². The van der Waals surface area contributed by atoms with E-state index in [0.29, 0.717) is 0 Å². The van der Waals surface area contributed by atoms with Gasteiger partial charge < -0.3 is 4.74 Å². The van der Waals surface area contributed by atoms with Gasteiger partial charge in [0, 0.05) is 6.07 Å². The lowest BCUT2D eigenvalue weighted by molar-refractivity contribution is -0.384. The lowest BCUT2D eigenvalue weighted by Crippen LogP contribution is -2.15. The normalized spacial score (nSPS) is 11.0. The minimum Gasteiger partial charge on any atom is -0.461 e. The van der Waals surface area contributed by atoms with Gasteiger partial charge in [0.05, 0.1) is 11.5 Å². The van der Waals surface area contributed by atoms with Crippen LogP contribution < -0.4 is 5.43 Å². The largest absolute Gasteiger partial charge is 0.461 e. The van der Waals surface area contributed by atoms with Crippen molar-refractivity contribution in [2.75, 3.05) is 12.0 Å². The molecule has 0 amide bonds. The van der Waals surface area contributed by atoms with Gasteiger partial charge in [-0.05, 0) is 32.4 Å². The second-order valence-corrected chi connectivity index (χ2v) is 3.81. The molecule has 0 unspecified atom stereocenters. The van der Waals surface area contributed by atoms with Crippen LogP contribution in [0, 0.1) is 17.0 Å². The number of aryl methyl sites for hydroxylation is 1. The predicted octanol–water partition coefficient (Wildman–Crippen LogP) is 2.25. The van der Waals surface area contributed by atoms with Crippen molar-refractivity contribution in [2.24, 2.45) is 5.10 Å². The summed E-state index contributed by atoms with van der Waals surface area (Å²) in [5, 5.41) is 14.6. The van der Waals surface area contributed by atoms with Crippen LogP contribution in [-0.4, -0.2) is 23.2 Å². The molecule has 0 spiro atoms. The number of hydrogen-bond acceptors (Lipinski definition) is 6. The number of anilines is 1. The zero-order valence-electron chi connectivity index (χ0n) is 11.0. The minimum atomic E-state index is -0.565. The van der Waals surface area contributed by atoms with E-state index in [4.69, 9.17) is 4.74 Å². The molecule has 0 saturated carbocycles. The Bertz CT molecular complexity index is 526. The molecule has 0 atom stereocenters. The Balaban J connectivity index is 2.93. The number of esters is 1. The first-order valence-corrected chi connectivity index (χ1v) is 5.68. The van der Waals surface area contributed by atoms with Crippen LogP contribution >= 0.6 is 0 Å². The molecule has 1 aromatic carbocycles. The van der Waals surface area contributed by atoms with E-state index in [9.17, 15) is 14.9 Å². The molecule has 0 saturated heterocycles. The van der Waals surface area contributed by atoms with Crippen LogP contribution in [0.15, 0.2) is 23.3 Å². The van der Waals surface area contributed by atoms with Gasteiger partial charge in [0.2, 0.25) is 0 Å². The summed E-state index contributed by atoms with van der Waals surface area (Å²) in [6.45, 7) is 5.20. The molecule has 0 fully saturated rings. The molecule has 7 nitrogen and oxygen atoms in total. The van der Waals surface area contributed by atoms with Gasteiger partial charge in [-0.1, -0.05) is 6.07 Å². The zero-order chi connectivity index (χ0) is 14.4. The number of rotatable bonds is 5. The quantitative estimate of drug-likeness (QED) is 0.381. The smallest absolute Gasteiger partial charge is 0.354 e. The summed E-state index contributed by atoms with van der Waals surface area (Å²) in [4.78, 5) is 21.6. The molecule has 0 aliphatic rings. The zero-order valence-corrected chi connectivity index (χ0v) is 11.0. The average molecular weight is 265 g/mol. The highest BCUT2D eigenvalue weighted by molar-refractivity contribution is 6.35. The Morgan fingerprint density at radius 3 is 2.79 bits per heavy atom. The summed E-state index contributed by atoms with van der Waals surface area (Å²) in [7, 11) is 0. The van der Waals surface area contributed by atoms with E-state index in [-0.39, 0.29) is 23.7 Å². The molecule has 0 aliphatic heterocycles. The van der Waals surface area contributed by atoms with Crippen molar-refractivity contribution in [3.8, 4) is 0 Å². The lowest BCUT2D eigenvalue weighted by Gasteiger charge is -2.05. The van der Waals surface area contributed by atoms with Crippen LogP contribution in [0.5, 0.6) is 0 Å². The molecule has 0 bridgehead atoms. The summed E-state index contributed by atoms with van der Waals surface area (Å²) < 4.78 is 4.75. The van der Waals surface area contributed by atoms with E-state index in [1.807, 2.05) is 0 Å². The molecule has 0 heterocycles. The molecule has 1 rings (SSSR count). The number of nitrogens with zero attached hydrogens (tertiary/aromatic N) is 2. The van der Waals surface area contributed by atoms with Crippen molar-refractivity contribution >= 4 is 23.1 Å². The Labute approximate surface area is 110 Å². The molecule has 0 radical (unpaired) electrons. The maximum atomic E-state index is 11.3. The van der Waals surface area contributed by atoms with Gasteiger partial charge >= 0.3 is 5.97 Å². The fourth-order valence-corrected chi connectivity index (χ4v) is 1.32. The Kier molecular flexibility index (Phi) is 4.99. The van der Waals surface area contributed by atoms with Gasteiger partial charge in [-0.15, -0.1) is 0 Å². The highest BCUT2D eigenvalue weighted by atomic mass is 16.6. The van der Waals surface area contributed by atoms with Gasteiger partial charge in [0.25, 0.3) is 5.69 Å². The van der Waals surface area contributed by atoms with Gasteiger partial charge in [-0.2, -0.15) is 5.10 Å². The maximum Gasteiger partial charge on any atom is 0.354 e. The Morgan fingerprint density at radius 1 is 1.53 bits per heavy atom. The van der Waals surface area contributed by atoms with Gasteiger partial charge in [-0.3, -0.25) is 15.5 Å². The number of nitro groups is 1. The molecule has 102 valence electrons. The van der Waals surface area contributed by atoms with E-state index in [1.165, 1.54) is 13.0 Å². The summed E-state index contributed by atoms with van der Waals surface area (Å²) >= 11 is 0. The van der Waals surface area contributed by atoms with E-state index in [1.54, 1.807) is 26.0 Å². The van der Waals surface area contributed by atoms with Gasteiger partial charge in [0.15, 0.2) is 0 Å². The topological polar surface area (TPSA) is 93.8 Å². The second-order valence-electron chi connectivity index (χ2n) is 3.81. The highest BCUT2D eigenvalue weighted by Crippen LogP contribution is 2.25. The van der Waals surface area contributed by atoms with Crippen LogP contribution in [0.2, 0.25) is 0 Å². The summed E-state index contributed by atoms with van der Waals surface area (Å²) in [6.07, 6.45) is 0. The van der Waals surface area contributed by atoms with Crippen LogP contribution in [0.25, 0.3) is 0 Å². The number of nitro benzene ring substituents is 1. The van der Waals surface area contributed by atoms with Crippen molar-refractivity contribution in [1.29, 1.82) is 0 Å². The monoisotopic (exact) mass is 265 g/mol. The van der Waals surface area contributed by atoms with Crippen molar-refractivity contribution in [3.63, 3.8) is 0 Å². The standard InChI is InChI=1S/C12H15N3O4/c1-4-19-12(16)9(3)13-14-10-7-8(2)5-6-11(10)15(17)18/h5-7,14H,4H2,1-3H3. The van der Waals surface area contributed by atoms with Gasteiger partial charge in [-0.25, -0.2) is 4.79 Å². The average Bonchev–Trinajstić information content (AvgIpc) is 2.35. The molecular formula is C12H15N3O4. The number of hydrazone groups is 1. The van der Waals surface area contributed by atoms with E-state index >= 15 is 0 Å². The Morgan fingerprint density at radius 2 is 2.21 bits per heavy atom. The molecular weight excluding hydrogens is 250 g/mol. The highest BCUT2D eigenvalue weighted by Gasteiger charge is 2.13. The number of carbonyl (C=O) groups excluding carboxylic acids is 1. The number of benzene rings is 1. The van der Waals surface area contributed by atoms with E-state index in [0.717, 1.165) is 5.56 Å². The molecule has 7 heteroatoms. The minimum absolute atomic E-state index is 0.0951. The van der Waals surface area contributed by atoms with Gasteiger partial charge in [0.1, 0.15) is 11.4 Å². The summed E-state index contributed by atoms with van der Waals surface area (Å²) in [5.41, 5.74) is 3.58. The molecule has 0 aromatic heterocycles. The number of ether oxygens (including phenoxy) is 1. The third-order valence-corrected chi connectivity index (χ3v) is 2.26. The maximum absolute atomic E-state index is 11.3. The van der Waals surface area contributed by atoms with Crippen LogP contribution in [-0.2, 0) is 9.53 Å². The van der Waals surface area contributed by atoms with Crippen LogP contribution in [0.4, 0.5) is 11.4 Å². The third kappa shape index (κ3) is 4.06. The number of hydrogen-bond donors (Lipinski definition) is 1. The van der Waals surface area contributed by atoms with Crippen molar-refractivity contribution < 1.29 is 14.5 Å². The Hall–Kier alpha value is -2.44. The summed E-state index contributed by atoms with van der Waals surface area (Å²) in [5.74, 6) is -0.565. The predicted molar refractivity (Wildman–Crippen MR) is 71.2 cm³/mol. The van der Waals surface area contributed by atoms with Crippen LogP contribution in [0.1, 0.15) is 19.4 Å². The number of nitrogens with one attached hydrogen (secondary N) is 1. The SMILES string of the molecule is CCOC(=O)C(C)=NNc1cc(C)ccc1[N+](=O)[O-].